The van der Waals surface area contributed by atoms with Gasteiger partial charge in [-0.05, 0) is 37.8 Å². The van der Waals surface area contributed by atoms with Crippen LogP contribution in [0.2, 0.25) is 0 Å². The molecule has 15 heavy (non-hydrogen) atoms. The Hall–Kier alpha value is -1.55. The molecule has 1 rings (SSSR count). The molecule has 0 radical (unpaired) electrons. The number of benzene rings is 1. The van der Waals surface area contributed by atoms with Crippen LogP contribution in [0.25, 0.3) is 0 Å². The van der Waals surface area contributed by atoms with Crippen molar-refractivity contribution in [1.82, 2.24) is 0 Å². The zero-order valence-electron chi connectivity index (χ0n) is 9.77. The van der Waals surface area contributed by atoms with E-state index >= 15 is 0 Å². The molecule has 0 amide bonds. The normalized spacial score (nSPS) is 9.33. The first-order chi connectivity index (χ1) is 7.06. The zero-order chi connectivity index (χ0) is 11.4. The SMILES string of the molecule is CCC#CC(=O)c1c(C)cc(C)cc1C. The molecule has 0 aromatic heterocycles. The number of aryl methyl sites for hydroxylation is 3. The highest BCUT2D eigenvalue weighted by Gasteiger charge is 2.09. The first-order valence-electron chi connectivity index (χ1n) is 5.17. The number of hydrogen-bond donors (Lipinski definition) is 0. The Bertz CT molecular complexity index is 421. The van der Waals surface area contributed by atoms with Crippen LogP contribution in [-0.4, -0.2) is 5.78 Å². The zero-order valence-corrected chi connectivity index (χ0v) is 9.77. The van der Waals surface area contributed by atoms with Gasteiger partial charge in [-0.1, -0.05) is 30.5 Å². The molecule has 0 aliphatic heterocycles. The second kappa shape index (κ2) is 4.79. The van der Waals surface area contributed by atoms with E-state index in [1.54, 1.807) is 0 Å². The molecule has 0 saturated carbocycles. The molecule has 1 aromatic rings. The summed E-state index contributed by atoms with van der Waals surface area (Å²) in [6.45, 7) is 7.89. The molecule has 0 atom stereocenters. The van der Waals surface area contributed by atoms with E-state index in [2.05, 4.69) is 11.8 Å². The van der Waals surface area contributed by atoms with E-state index < -0.39 is 0 Å². The predicted octanol–water partition coefficient (Wildman–Crippen LogP) is 3.21. The number of carbonyl (C=O) groups is 1. The van der Waals surface area contributed by atoms with Crippen molar-refractivity contribution in [3.8, 4) is 11.8 Å². The Morgan fingerprint density at radius 2 is 1.73 bits per heavy atom. The second-order valence-electron chi connectivity index (χ2n) is 3.76. The summed E-state index contributed by atoms with van der Waals surface area (Å²) in [6.07, 6.45) is 0.718. The lowest BCUT2D eigenvalue weighted by molar-refractivity contribution is 0.105. The first-order valence-corrected chi connectivity index (χ1v) is 5.17. The molecule has 78 valence electrons. The van der Waals surface area contributed by atoms with Gasteiger partial charge in [-0.2, -0.15) is 0 Å². The quantitative estimate of drug-likeness (QED) is 0.386. The van der Waals surface area contributed by atoms with Crippen LogP contribution in [-0.2, 0) is 0 Å². The Kier molecular flexibility index (Phi) is 3.68. The van der Waals surface area contributed by atoms with Gasteiger partial charge in [0.2, 0.25) is 5.78 Å². The highest BCUT2D eigenvalue weighted by Crippen LogP contribution is 2.16. The van der Waals surface area contributed by atoms with Gasteiger partial charge in [0.15, 0.2) is 0 Å². The van der Waals surface area contributed by atoms with E-state index in [0.29, 0.717) is 0 Å². The molecular weight excluding hydrogens is 184 g/mol. The molecule has 0 aliphatic rings. The summed E-state index contributed by atoms with van der Waals surface area (Å²) in [5, 5.41) is 0. The number of ketones is 1. The van der Waals surface area contributed by atoms with Crippen molar-refractivity contribution in [2.45, 2.75) is 34.1 Å². The van der Waals surface area contributed by atoms with Gasteiger partial charge in [0.1, 0.15) is 0 Å². The average Bonchev–Trinajstić information content (AvgIpc) is 2.12. The van der Waals surface area contributed by atoms with E-state index in [1.807, 2.05) is 39.8 Å². The van der Waals surface area contributed by atoms with Crippen molar-refractivity contribution in [3.63, 3.8) is 0 Å². The fourth-order valence-corrected chi connectivity index (χ4v) is 1.77. The van der Waals surface area contributed by atoms with Crippen LogP contribution in [0.1, 0.15) is 40.4 Å². The van der Waals surface area contributed by atoms with Gasteiger partial charge in [0.25, 0.3) is 0 Å². The Morgan fingerprint density at radius 3 is 2.20 bits per heavy atom. The monoisotopic (exact) mass is 200 g/mol. The lowest BCUT2D eigenvalue weighted by Gasteiger charge is -2.06. The first kappa shape index (κ1) is 11.5. The van der Waals surface area contributed by atoms with Crippen molar-refractivity contribution in [2.75, 3.05) is 0 Å². The van der Waals surface area contributed by atoms with E-state index in [-0.39, 0.29) is 5.78 Å². The molecule has 0 bridgehead atoms. The second-order valence-corrected chi connectivity index (χ2v) is 3.76. The number of rotatable bonds is 1. The standard InChI is InChI=1S/C14H16O/c1-5-6-7-13(15)14-11(3)8-10(2)9-12(14)4/h8-9H,5H2,1-4H3. The lowest BCUT2D eigenvalue weighted by atomic mass is 9.97. The van der Waals surface area contributed by atoms with E-state index in [1.165, 1.54) is 5.56 Å². The molecule has 1 aromatic carbocycles. The van der Waals surface area contributed by atoms with Crippen molar-refractivity contribution >= 4 is 5.78 Å². The summed E-state index contributed by atoms with van der Waals surface area (Å²) in [5.74, 6) is 5.41. The summed E-state index contributed by atoms with van der Waals surface area (Å²) in [6, 6.07) is 4.04. The summed E-state index contributed by atoms with van der Waals surface area (Å²) in [7, 11) is 0. The molecule has 0 heterocycles. The fraction of sp³-hybridized carbons (Fsp3) is 0.357. The molecular formula is C14H16O. The fourth-order valence-electron chi connectivity index (χ4n) is 1.77. The Balaban J connectivity index is 3.20. The van der Waals surface area contributed by atoms with Gasteiger partial charge in [0.05, 0.1) is 0 Å². The third-order valence-electron chi connectivity index (χ3n) is 2.28. The van der Waals surface area contributed by atoms with Gasteiger partial charge in [-0.15, -0.1) is 0 Å². The van der Waals surface area contributed by atoms with Gasteiger partial charge in [-0.25, -0.2) is 0 Å². The topological polar surface area (TPSA) is 17.1 Å². The van der Waals surface area contributed by atoms with Gasteiger partial charge in [-0.3, -0.25) is 4.79 Å². The molecule has 0 N–H and O–H groups in total. The molecule has 0 spiro atoms. The average molecular weight is 200 g/mol. The third-order valence-corrected chi connectivity index (χ3v) is 2.28. The summed E-state index contributed by atoms with van der Waals surface area (Å²) in [4.78, 5) is 11.8. The highest BCUT2D eigenvalue weighted by molar-refractivity contribution is 6.10. The van der Waals surface area contributed by atoms with Crippen LogP contribution in [0.3, 0.4) is 0 Å². The maximum Gasteiger partial charge on any atom is 0.236 e. The maximum absolute atomic E-state index is 11.8. The van der Waals surface area contributed by atoms with Crippen molar-refractivity contribution in [3.05, 3.63) is 34.4 Å². The third kappa shape index (κ3) is 2.70. The van der Waals surface area contributed by atoms with Crippen LogP contribution in [0.4, 0.5) is 0 Å². The van der Waals surface area contributed by atoms with E-state index in [0.717, 1.165) is 23.1 Å². The van der Waals surface area contributed by atoms with Crippen LogP contribution in [0, 0.1) is 32.6 Å². The smallest absolute Gasteiger partial charge is 0.236 e. The highest BCUT2D eigenvalue weighted by atomic mass is 16.1. The van der Waals surface area contributed by atoms with Gasteiger partial charge in [0, 0.05) is 12.0 Å². The van der Waals surface area contributed by atoms with Gasteiger partial charge >= 0.3 is 0 Å². The minimum Gasteiger partial charge on any atom is -0.279 e. The molecule has 0 fully saturated rings. The molecule has 1 heteroatoms. The number of carbonyl (C=O) groups excluding carboxylic acids is 1. The minimum atomic E-state index is -0.0631. The number of hydrogen-bond acceptors (Lipinski definition) is 1. The maximum atomic E-state index is 11.8. The lowest BCUT2D eigenvalue weighted by Crippen LogP contribution is -2.02. The van der Waals surface area contributed by atoms with Crippen LogP contribution < -0.4 is 0 Å². The summed E-state index contributed by atoms with van der Waals surface area (Å²) >= 11 is 0. The van der Waals surface area contributed by atoms with Gasteiger partial charge < -0.3 is 0 Å². The molecule has 0 unspecified atom stereocenters. The molecule has 0 aliphatic carbocycles. The van der Waals surface area contributed by atoms with Crippen LogP contribution >= 0.6 is 0 Å². The van der Waals surface area contributed by atoms with E-state index in [9.17, 15) is 4.79 Å². The van der Waals surface area contributed by atoms with Crippen LogP contribution in [0.5, 0.6) is 0 Å². The number of Topliss-reactive ketones (excluding diaryl/α,β-unsaturated/α-hetero) is 1. The van der Waals surface area contributed by atoms with Crippen LogP contribution in [0.15, 0.2) is 12.1 Å². The molecule has 1 nitrogen and oxygen atoms in total. The van der Waals surface area contributed by atoms with E-state index in [4.69, 9.17) is 0 Å². The molecule has 0 saturated heterocycles. The van der Waals surface area contributed by atoms with Crippen molar-refractivity contribution in [2.24, 2.45) is 0 Å². The van der Waals surface area contributed by atoms with Crippen molar-refractivity contribution in [1.29, 1.82) is 0 Å². The predicted molar refractivity (Wildman–Crippen MR) is 63.1 cm³/mol. The largest absolute Gasteiger partial charge is 0.279 e. The summed E-state index contributed by atoms with van der Waals surface area (Å²) in [5.41, 5.74) is 3.98. The Morgan fingerprint density at radius 1 is 1.20 bits per heavy atom. The Labute approximate surface area is 91.5 Å². The minimum absolute atomic E-state index is 0.0631. The van der Waals surface area contributed by atoms with Crippen molar-refractivity contribution < 1.29 is 4.79 Å². The summed E-state index contributed by atoms with van der Waals surface area (Å²) < 4.78 is 0.